The van der Waals surface area contributed by atoms with E-state index in [0.29, 0.717) is 11.3 Å². The van der Waals surface area contributed by atoms with Gasteiger partial charge in [0.15, 0.2) is 0 Å². The number of benzene rings is 1. The number of unbranched alkanes of at least 4 members (excludes halogenated alkanes) is 1. The summed E-state index contributed by atoms with van der Waals surface area (Å²) >= 11 is 1.72. The van der Waals surface area contributed by atoms with E-state index in [1.54, 1.807) is 17.5 Å². The topological polar surface area (TPSA) is 67.3 Å². The zero-order valence-corrected chi connectivity index (χ0v) is 20.9. The van der Waals surface area contributed by atoms with Crippen LogP contribution in [-0.4, -0.2) is 29.0 Å². The third kappa shape index (κ3) is 6.14. The van der Waals surface area contributed by atoms with Crippen LogP contribution in [0.15, 0.2) is 48.0 Å². The van der Waals surface area contributed by atoms with Gasteiger partial charge in [-0.1, -0.05) is 32.4 Å². The fourth-order valence-electron chi connectivity index (χ4n) is 4.22. The van der Waals surface area contributed by atoms with Crippen LogP contribution >= 0.6 is 11.3 Å². The number of amides is 1. The van der Waals surface area contributed by atoms with Crippen molar-refractivity contribution in [3.05, 3.63) is 64.2 Å². The molecule has 3 aromatic rings. The molecule has 2 aromatic heterocycles. The summed E-state index contributed by atoms with van der Waals surface area (Å²) in [6.45, 7) is 6.15. The molecule has 0 bridgehead atoms. The van der Waals surface area contributed by atoms with Gasteiger partial charge in [-0.05, 0) is 55.7 Å². The van der Waals surface area contributed by atoms with E-state index in [0.717, 1.165) is 75.4 Å². The Kier molecular flexibility index (Phi) is 8.52. The summed E-state index contributed by atoms with van der Waals surface area (Å²) in [7, 11) is 0. The summed E-state index contributed by atoms with van der Waals surface area (Å²) in [4.78, 5) is 25.9. The van der Waals surface area contributed by atoms with E-state index < -0.39 is 0 Å². The second kappa shape index (κ2) is 12.0. The van der Waals surface area contributed by atoms with Crippen LogP contribution in [0.4, 0.5) is 11.5 Å². The van der Waals surface area contributed by atoms with Crippen molar-refractivity contribution in [3.63, 3.8) is 0 Å². The zero-order valence-electron chi connectivity index (χ0n) is 20.1. The van der Waals surface area contributed by atoms with Gasteiger partial charge in [-0.2, -0.15) is 0 Å². The predicted molar refractivity (Wildman–Crippen MR) is 139 cm³/mol. The van der Waals surface area contributed by atoms with Crippen molar-refractivity contribution in [3.8, 4) is 5.75 Å². The molecule has 1 fully saturated rings. The highest BCUT2D eigenvalue weighted by molar-refractivity contribution is 7.10. The van der Waals surface area contributed by atoms with Crippen LogP contribution in [0.5, 0.6) is 5.75 Å². The summed E-state index contributed by atoms with van der Waals surface area (Å²) < 4.78 is 6.36. The van der Waals surface area contributed by atoms with Crippen molar-refractivity contribution < 1.29 is 9.53 Å². The summed E-state index contributed by atoms with van der Waals surface area (Å²) in [6, 6.07) is 11.8. The van der Waals surface area contributed by atoms with E-state index >= 15 is 0 Å². The number of rotatable bonds is 11. The number of nitrogens with one attached hydrogen (secondary N) is 1. The van der Waals surface area contributed by atoms with Gasteiger partial charge in [0.25, 0.3) is 5.91 Å². The number of nitrogens with zero attached hydrogens (tertiary/aromatic N) is 3. The van der Waals surface area contributed by atoms with Crippen LogP contribution < -0.4 is 15.0 Å². The van der Waals surface area contributed by atoms with Crippen LogP contribution in [0.3, 0.4) is 0 Å². The number of thiophene rings is 1. The maximum absolute atomic E-state index is 13.3. The van der Waals surface area contributed by atoms with Gasteiger partial charge >= 0.3 is 0 Å². The van der Waals surface area contributed by atoms with Crippen molar-refractivity contribution in [2.75, 3.05) is 23.3 Å². The molecule has 4 rings (SSSR count). The Hall–Kier alpha value is -2.93. The van der Waals surface area contributed by atoms with Crippen molar-refractivity contribution in [1.82, 2.24) is 9.97 Å². The second-order valence-electron chi connectivity index (χ2n) is 8.71. The number of hydrogen-bond acceptors (Lipinski definition) is 6. The monoisotopic (exact) mass is 478 g/mol. The van der Waals surface area contributed by atoms with Gasteiger partial charge in [0.2, 0.25) is 0 Å². The average molecular weight is 479 g/mol. The van der Waals surface area contributed by atoms with Crippen LogP contribution in [0, 0.1) is 0 Å². The van der Waals surface area contributed by atoms with E-state index in [9.17, 15) is 4.79 Å². The third-order valence-electron chi connectivity index (χ3n) is 5.99. The molecule has 0 saturated carbocycles. The maximum Gasteiger partial charge on any atom is 0.261 e. The Morgan fingerprint density at radius 1 is 1.18 bits per heavy atom. The molecule has 0 aliphatic carbocycles. The van der Waals surface area contributed by atoms with Crippen LogP contribution in [0.1, 0.15) is 79.5 Å². The molecule has 1 N–H and O–H groups in total. The number of hydrogen-bond donors (Lipinski definition) is 1. The minimum Gasteiger partial charge on any atom is -0.485 e. The Morgan fingerprint density at radius 3 is 2.76 bits per heavy atom. The van der Waals surface area contributed by atoms with Crippen molar-refractivity contribution >= 4 is 28.7 Å². The zero-order chi connectivity index (χ0) is 23.8. The summed E-state index contributed by atoms with van der Waals surface area (Å²) in [5, 5.41) is 5.13. The molecule has 6 nitrogen and oxygen atoms in total. The molecule has 0 spiro atoms. The van der Waals surface area contributed by atoms with Crippen LogP contribution in [0.2, 0.25) is 0 Å². The number of anilines is 2. The van der Waals surface area contributed by atoms with E-state index in [2.05, 4.69) is 46.6 Å². The smallest absolute Gasteiger partial charge is 0.261 e. The number of carbonyl (C=O) groups is 1. The van der Waals surface area contributed by atoms with Gasteiger partial charge in [-0.25, -0.2) is 9.97 Å². The first-order valence-electron chi connectivity index (χ1n) is 12.4. The molecular formula is C27H34N4O2S. The number of aryl methyl sites for hydroxylation is 1. The molecule has 0 radical (unpaired) electrons. The Morgan fingerprint density at radius 2 is 2.03 bits per heavy atom. The SMILES string of the molecule is CCCCC(Oc1cccc(NC(=O)c2cnc(CCC)nc2N2CCCC2)c1)c1cccs1. The summed E-state index contributed by atoms with van der Waals surface area (Å²) in [5.74, 6) is 2.10. The molecule has 1 aliphatic heterocycles. The van der Waals surface area contributed by atoms with Gasteiger partial charge in [0, 0.05) is 42.3 Å². The standard InChI is InChI=1S/C27H34N4O2S/c1-3-5-13-23(24-14-9-17-34-24)33-21-12-8-11-20(18-21)29-27(32)22-19-28-25(10-4-2)30-26(22)31-15-6-7-16-31/h8-9,11-12,14,17-19,23H,3-7,10,13,15-16H2,1-2H3,(H,29,32). The van der Waals surface area contributed by atoms with Crippen molar-refractivity contribution in [1.29, 1.82) is 0 Å². The summed E-state index contributed by atoms with van der Waals surface area (Å²) in [6.07, 6.45) is 8.92. The van der Waals surface area contributed by atoms with Crippen molar-refractivity contribution in [2.24, 2.45) is 0 Å². The minimum atomic E-state index is -0.192. The number of aromatic nitrogens is 2. The molecular weight excluding hydrogens is 444 g/mol. The van der Waals surface area contributed by atoms with E-state index in [4.69, 9.17) is 9.72 Å². The van der Waals surface area contributed by atoms with Crippen LogP contribution in [0.25, 0.3) is 0 Å². The lowest BCUT2D eigenvalue weighted by molar-refractivity contribution is 0.102. The first-order chi connectivity index (χ1) is 16.7. The molecule has 1 amide bonds. The highest BCUT2D eigenvalue weighted by Crippen LogP contribution is 2.31. The average Bonchev–Trinajstić information content (AvgIpc) is 3.57. The van der Waals surface area contributed by atoms with Gasteiger partial charge in [-0.15, -0.1) is 11.3 Å². The molecule has 180 valence electrons. The highest BCUT2D eigenvalue weighted by atomic mass is 32.1. The number of ether oxygens (including phenoxy) is 1. The lowest BCUT2D eigenvalue weighted by Crippen LogP contribution is -2.25. The van der Waals surface area contributed by atoms with Gasteiger partial charge in [0.05, 0.1) is 0 Å². The second-order valence-corrected chi connectivity index (χ2v) is 9.69. The fourth-order valence-corrected chi connectivity index (χ4v) is 5.00. The third-order valence-corrected chi connectivity index (χ3v) is 6.96. The first kappa shape index (κ1) is 24.2. The first-order valence-corrected chi connectivity index (χ1v) is 13.3. The molecule has 34 heavy (non-hydrogen) atoms. The van der Waals surface area contributed by atoms with Gasteiger partial charge in [-0.3, -0.25) is 4.79 Å². The van der Waals surface area contributed by atoms with E-state index in [1.807, 2.05) is 24.3 Å². The van der Waals surface area contributed by atoms with Gasteiger partial charge < -0.3 is 15.0 Å². The lowest BCUT2D eigenvalue weighted by Gasteiger charge is -2.20. The molecule has 1 aromatic carbocycles. The van der Waals surface area contributed by atoms with E-state index in [-0.39, 0.29) is 12.0 Å². The molecule has 1 atom stereocenters. The normalized spacial score (nSPS) is 14.2. The molecule has 1 saturated heterocycles. The summed E-state index contributed by atoms with van der Waals surface area (Å²) in [5.41, 5.74) is 1.22. The fraction of sp³-hybridized carbons (Fsp3) is 0.444. The highest BCUT2D eigenvalue weighted by Gasteiger charge is 2.23. The predicted octanol–water partition coefficient (Wildman–Crippen LogP) is 6.65. The lowest BCUT2D eigenvalue weighted by atomic mass is 10.1. The van der Waals surface area contributed by atoms with Gasteiger partial charge in [0.1, 0.15) is 29.1 Å². The molecule has 1 aliphatic rings. The largest absolute Gasteiger partial charge is 0.485 e. The maximum atomic E-state index is 13.3. The molecule has 7 heteroatoms. The Bertz CT molecular complexity index is 1060. The molecule has 1 unspecified atom stereocenters. The number of carbonyl (C=O) groups excluding carboxylic acids is 1. The quantitative estimate of drug-likeness (QED) is 0.334. The van der Waals surface area contributed by atoms with Crippen LogP contribution in [-0.2, 0) is 6.42 Å². The van der Waals surface area contributed by atoms with E-state index in [1.165, 1.54) is 4.88 Å². The van der Waals surface area contributed by atoms with Crippen molar-refractivity contribution in [2.45, 2.75) is 64.9 Å². The minimum absolute atomic E-state index is 0.0205. The molecule has 3 heterocycles. The Balaban J connectivity index is 1.51. The Labute approximate surface area is 206 Å².